The largest absolute Gasteiger partial charge is 0.508 e. The highest BCUT2D eigenvalue weighted by molar-refractivity contribution is 6.35. The van der Waals surface area contributed by atoms with Gasteiger partial charge in [0, 0.05) is 25.1 Å². The van der Waals surface area contributed by atoms with Crippen LogP contribution in [0.25, 0.3) is 0 Å². The summed E-state index contributed by atoms with van der Waals surface area (Å²) in [5.41, 5.74) is 1.39. The van der Waals surface area contributed by atoms with Gasteiger partial charge in [-0.15, -0.1) is 0 Å². The van der Waals surface area contributed by atoms with E-state index in [0.717, 1.165) is 18.1 Å². The average Bonchev–Trinajstić information content (AvgIpc) is 2.67. The summed E-state index contributed by atoms with van der Waals surface area (Å²) in [6.45, 7) is 2.51. The summed E-state index contributed by atoms with van der Waals surface area (Å²) < 4.78 is 13.6. The Morgan fingerprint density at radius 2 is 1.86 bits per heavy atom. The van der Waals surface area contributed by atoms with E-state index in [0.29, 0.717) is 25.1 Å². The highest BCUT2D eigenvalue weighted by atomic mass is 19.1. The predicted octanol–water partition coefficient (Wildman–Crippen LogP) is 2.82. The van der Waals surface area contributed by atoms with Gasteiger partial charge in [-0.1, -0.05) is 12.1 Å². The van der Waals surface area contributed by atoms with E-state index >= 15 is 0 Å². The molecule has 6 nitrogen and oxygen atoms in total. The van der Waals surface area contributed by atoms with Gasteiger partial charge < -0.3 is 20.4 Å². The molecule has 1 saturated heterocycles. The fraction of sp³-hybridized carbons (Fsp3) is 0.333. The van der Waals surface area contributed by atoms with E-state index < -0.39 is 23.7 Å². The van der Waals surface area contributed by atoms with Crippen LogP contribution in [0.5, 0.6) is 11.5 Å². The minimum Gasteiger partial charge on any atom is -0.508 e. The van der Waals surface area contributed by atoms with Crippen LogP contribution in [-0.4, -0.2) is 40.0 Å². The van der Waals surface area contributed by atoms with Gasteiger partial charge in [-0.25, -0.2) is 4.39 Å². The van der Waals surface area contributed by atoms with Crippen molar-refractivity contribution in [3.05, 3.63) is 59.4 Å². The molecule has 148 valence electrons. The number of hydrogen-bond donors (Lipinski definition) is 3. The summed E-state index contributed by atoms with van der Waals surface area (Å²) in [6.07, 6.45) is 1.44. The lowest BCUT2D eigenvalue weighted by Gasteiger charge is -2.33. The Balaban J connectivity index is 1.64. The number of phenols is 2. The van der Waals surface area contributed by atoms with Gasteiger partial charge in [0.1, 0.15) is 17.3 Å². The molecule has 1 fully saturated rings. The Hall–Kier alpha value is -3.09. The number of piperidine rings is 1. The van der Waals surface area contributed by atoms with Crippen molar-refractivity contribution in [3.63, 3.8) is 0 Å². The third-order valence-electron chi connectivity index (χ3n) is 5.02. The van der Waals surface area contributed by atoms with Gasteiger partial charge in [-0.2, -0.15) is 0 Å². The Morgan fingerprint density at radius 3 is 2.54 bits per heavy atom. The highest BCUT2D eigenvalue weighted by Crippen LogP contribution is 2.30. The normalized spacial score (nSPS) is 17.8. The van der Waals surface area contributed by atoms with Crippen molar-refractivity contribution in [1.82, 2.24) is 10.2 Å². The van der Waals surface area contributed by atoms with Crippen LogP contribution in [0.1, 0.15) is 42.9 Å². The van der Waals surface area contributed by atoms with E-state index in [9.17, 15) is 24.2 Å². The van der Waals surface area contributed by atoms with E-state index in [1.807, 2.05) is 0 Å². The molecule has 2 atom stereocenters. The number of benzene rings is 2. The van der Waals surface area contributed by atoms with E-state index in [2.05, 4.69) is 5.32 Å². The topological polar surface area (TPSA) is 89.9 Å². The Labute approximate surface area is 162 Å². The van der Waals surface area contributed by atoms with Crippen LogP contribution in [0.4, 0.5) is 4.39 Å². The number of amides is 2. The number of rotatable bonds is 3. The Morgan fingerprint density at radius 1 is 1.14 bits per heavy atom. The van der Waals surface area contributed by atoms with Crippen molar-refractivity contribution < 1.29 is 24.2 Å². The molecule has 0 bridgehead atoms. The summed E-state index contributed by atoms with van der Waals surface area (Å²) in [7, 11) is 0. The first-order valence-corrected chi connectivity index (χ1v) is 9.21. The smallest absolute Gasteiger partial charge is 0.311 e. The Bertz CT molecular complexity index is 849. The van der Waals surface area contributed by atoms with Gasteiger partial charge in [0.25, 0.3) is 0 Å². The van der Waals surface area contributed by atoms with Crippen molar-refractivity contribution in [2.45, 2.75) is 31.7 Å². The predicted molar refractivity (Wildman–Crippen MR) is 101 cm³/mol. The first-order valence-electron chi connectivity index (χ1n) is 9.21. The summed E-state index contributed by atoms with van der Waals surface area (Å²) in [5.74, 6) is -2.03. The number of likely N-dealkylation sites (tertiary alicyclic amines) is 1. The molecular weight excluding hydrogens is 363 g/mol. The van der Waals surface area contributed by atoms with Crippen molar-refractivity contribution in [3.8, 4) is 11.5 Å². The standard InChI is InChI=1S/C21H23FN2O4/c1-13(14-4-6-18(25)7-5-14)23-20(27)21(28)24-8-2-3-15(12-24)16-9-17(22)11-19(26)10-16/h4-7,9-11,13,15,25-26H,2-3,8,12H2,1H3,(H,23,27)/t13-,15?/m0/s1. The molecule has 1 aliphatic heterocycles. The second kappa shape index (κ2) is 8.29. The maximum Gasteiger partial charge on any atom is 0.311 e. The zero-order valence-electron chi connectivity index (χ0n) is 15.6. The number of halogens is 1. The lowest BCUT2D eigenvalue weighted by molar-refractivity contribution is -0.147. The Kier molecular flexibility index (Phi) is 5.82. The molecule has 0 saturated carbocycles. The molecular formula is C21H23FN2O4. The van der Waals surface area contributed by atoms with Crippen molar-refractivity contribution >= 4 is 11.8 Å². The van der Waals surface area contributed by atoms with E-state index in [1.165, 1.54) is 29.2 Å². The number of hydrogen-bond acceptors (Lipinski definition) is 4. The van der Waals surface area contributed by atoms with Gasteiger partial charge in [0.2, 0.25) is 0 Å². The number of nitrogens with zero attached hydrogens (tertiary/aromatic N) is 1. The molecule has 2 aromatic rings. The minimum atomic E-state index is -0.705. The zero-order chi connectivity index (χ0) is 20.3. The molecule has 1 heterocycles. The first-order chi connectivity index (χ1) is 13.3. The molecule has 0 radical (unpaired) electrons. The third kappa shape index (κ3) is 4.60. The lowest BCUT2D eigenvalue weighted by atomic mass is 9.90. The van der Waals surface area contributed by atoms with Crippen LogP contribution in [0.3, 0.4) is 0 Å². The maximum absolute atomic E-state index is 13.6. The molecule has 2 amide bonds. The lowest BCUT2D eigenvalue weighted by Crippen LogP contribution is -2.47. The van der Waals surface area contributed by atoms with Gasteiger partial charge in [-0.05, 0) is 55.2 Å². The summed E-state index contributed by atoms with van der Waals surface area (Å²) >= 11 is 0. The average molecular weight is 386 g/mol. The maximum atomic E-state index is 13.6. The van der Waals surface area contributed by atoms with Gasteiger partial charge in [0.15, 0.2) is 0 Å². The highest BCUT2D eigenvalue weighted by Gasteiger charge is 2.29. The fourth-order valence-corrected chi connectivity index (χ4v) is 3.51. The monoisotopic (exact) mass is 386 g/mol. The summed E-state index contributed by atoms with van der Waals surface area (Å²) in [4.78, 5) is 26.4. The first kappa shape index (κ1) is 19.7. The van der Waals surface area contributed by atoms with E-state index in [1.54, 1.807) is 19.1 Å². The van der Waals surface area contributed by atoms with Crippen molar-refractivity contribution in [2.75, 3.05) is 13.1 Å². The molecule has 28 heavy (non-hydrogen) atoms. The number of nitrogens with one attached hydrogen (secondary N) is 1. The van der Waals surface area contributed by atoms with Crippen LogP contribution in [0.15, 0.2) is 42.5 Å². The third-order valence-corrected chi connectivity index (χ3v) is 5.02. The SMILES string of the molecule is C[C@H](NC(=O)C(=O)N1CCCC(c2cc(O)cc(F)c2)C1)c1ccc(O)cc1. The number of phenolic OH excluding ortho intramolecular Hbond substituents is 2. The molecule has 3 N–H and O–H groups in total. The molecule has 7 heteroatoms. The molecule has 1 unspecified atom stereocenters. The van der Waals surface area contributed by atoms with Crippen LogP contribution in [-0.2, 0) is 9.59 Å². The van der Waals surface area contributed by atoms with Gasteiger partial charge >= 0.3 is 11.8 Å². The van der Waals surface area contributed by atoms with Gasteiger partial charge in [-0.3, -0.25) is 9.59 Å². The number of carbonyl (C=O) groups excluding carboxylic acids is 2. The molecule has 2 aromatic carbocycles. The van der Waals surface area contributed by atoms with Crippen LogP contribution in [0, 0.1) is 5.82 Å². The van der Waals surface area contributed by atoms with Crippen LogP contribution < -0.4 is 5.32 Å². The molecule has 0 aromatic heterocycles. The second-order valence-corrected chi connectivity index (χ2v) is 7.12. The second-order valence-electron chi connectivity index (χ2n) is 7.12. The minimum absolute atomic E-state index is 0.126. The fourth-order valence-electron chi connectivity index (χ4n) is 3.51. The number of carbonyl (C=O) groups is 2. The van der Waals surface area contributed by atoms with Crippen LogP contribution in [0.2, 0.25) is 0 Å². The number of aromatic hydroxyl groups is 2. The summed E-state index contributed by atoms with van der Waals surface area (Å²) in [6, 6.07) is 9.88. The van der Waals surface area contributed by atoms with Crippen molar-refractivity contribution in [1.29, 1.82) is 0 Å². The van der Waals surface area contributed by atoms with E-state index in [4.69, 9.17) is 0 Å². The summed E-state index contributed by atoms with van der Waals surface area (Å²) in [5, 5.41) is 21.6. The van der Waals surface area contributed by atoms with E-state index in [-0.39, 0.29) is 17.4 Å². The molecule has 1 aliphatic rings. The molecule has 0 spiro atoms. The van der Waals surface area contributed by atoms with Crippen molar-refractivity contribution in [2.24, 2.45) is 0 Å². The molecule has 3 rings (SSSR count). The quantitative estimate of drug-likeness (QED) is 0.708. The zero-order valence-corrected chi connectivity index (χ0v) is 15.6. The van der Waals surface area contributed by atoms with Gasteiger partial charge in [0.05, 0.1) is 6.04 Å². The molecule has 0 aliphatic carbocycles. The van der Waals surface area contributed by atoms with Crippen LogP contribution >= 0.6 is 0 Å².